The van der Waals surface area contributed by atoms with E-state index in [0.29, 0.717) is 13.2 Å². The van der Waals surface area contributed by atoms with Crippen LogP contribution in [0.5, 0.6) is 0 Å². The van der Waals surface area contributed by atoms with Crippen LogP contribution in [0.3, 0.4) is 0 Å². The van der Waals surface area contributed by atoms with Crippen LogP contribution < -0.4 is 10.6 Å². The van der Waals surface area contributed by atoms with Crippen molar-refractivity contribution in [3.63, 3.8) is 0 Å². The van der Waals surface area contributed by atoms with Crippen LogP contribution in [0.1, 0.15) is 0 Å². The number of anilines is 1. The van der Waals surface area contributed by atoms with Gasteiger partial charge >= 0.3 is 0 Å². The SMILES string of the molecule is NCC1COCCN1c1ccncc1Br. The average Bonchev–Trinajstić information content (AvgIpc) is 2.30. The van der Waals surface area contributed by atoms with Crippen molar-refractivity contribution in [3.05, 3.63) is 22.9 Å². The minimum atomic E-state index is 0.262. The fraction of sp³-hybridized carbons (Fsp3) is 0.500. The number of hydrogen-bond donors (Lipinski definition) is 1. The zero-order valence-corrected chi connectivity index (χ0v) is 9.98. The zero-order chi connectivity index (χ0) is 10.7. The van der Waals surface area contributed by atoms with E-state index in [9.17, 15) is 0 Å². The lowest BCUT2D eigenvalue weighted by Crippen LogP contribution is -2.49. The second-order valence-electron chi connectivity index (χ2n) is 3.48. The van der Waals surface area contributed by atoms with Crippen LogP contribution in [0, 0.1) is 0 Å². The molecule has 1 fully saturated rings. The normalized spacial score (nSPS) is 21.7. The molecule has 0 aromatic carbocycles. The van der Waals surface area contributed by atoms with Crippen LogP contribution >= 0.6 is 15.9 Å². The fourth-order valence-corrected chi connectivity index (χ4v) is 2.25. The molecule has 0 amide bonds. The third-order valence-corrected chi connectivity index (χ3v) is 3.17. The number of pyridine rings is 1. The summed E-state index contributed by atoms with van der Waals surface area (Å²) in [4.78, 5) is 6.33. The Kier molecular flexibility index (Phi) is 3.56. The van der Waals surface area contributed by atoms with E-state index in [4.69, 9.17) is 10.5 Å². The Morgan fingerprint density at radius 3 is 3.27 bits per heavy atom. The molecule has 4 nitrogen and oxygen atoms in total. The second kappa shape index (κ2) is 4.92. The van der Waals surface area contributed by atoms with E-state index in [-0.39, 0.29) is 6.04 Å². The van der Waals surface area contributed by atoms with Gasteiger partial charge in [0.1, 0.15) is 0 Å². The predicted octanol–water partition coefficient (Wildman–Crippen LogP) is 1.01. The Morgan fingerprint density at radius 1 is 1.67 bits per heavy atom. The first-order valence-corrected chi connectivity index (χ1v) is 5.76. The largest absolute Gasteiger partial charge is 0.377 e. The molecule has 0 bridgehead atoms. The topological polar surface area (TPSA) is 51.4 Å². The minimum Gasteiger partial charge on any atom is -0.377 e. The summed E-state index contributed by atoms with van der Waals surface area (Å²) in [6, 6.07) is 2.26. The Morgan fingerprint density at radius 2 is 2.53 bits per heavy atom. The van der Waals surface area contributed by atoms with Crippen molar-refractivity contribution in [2.75, 3.05) is 31.2 Å². The van der Waals surface area contributed by atoms with Gasteiger partial charge in [-0.1, -0.05) is 0 Å². The Bertz CT molecular complexity index is 334. The number of nitrogens with two attached hydrogens (primary N) is 1. The van der Waals surface area contributed by atoms with Crippen molar-refractivity contribution >= 4 is 21.6 Å². The standard InChI is InChI=1S/C10H14BrN3O/c11-9-6-13-2-1-10(9)14-3-4-15-7-8(14)5-12/h1-2,6,8H,3-5,7,12H2. The fourth-order valence-electron chi connectivity index (χ4n) is 1.77. The predicted molar refractivity (Wildman–Crippen MR) is 62.9 cm³/mol. The molecule has 1 aromatic heterocycles. The summed E-state index contributed by atoms with van der Waals surface area (Å²) < 4.78 is 6.42. The van der Waals surface area contributed by atoms with Crippen molar-refractivity contribution in [1.82, 2.24) is 4.98 Å². The van der Waals surface area contributed by atoms with E-state index >= 15 is 0 Å². The molecule has 1 aromatic rings. The van der Waals surface area contributed by atoms with Gasteiger partial charge in [0.05, 0.1) is 29.4 Å². The molecule has 2 rings (SSSR count). The highest BCUT2D eigenvalue weighted by Crippen LogP contribution is 2.27. The first-order valence-electron chi connectivity index (χ1n) is 4.97. The Hall–Kier alpha value is -0.650. The van der Waals surface area contributed by atoms with Crippen LogP contribution in [0.4, 0.5) is 5.69 Å². The molecule has 82 valence electrons. The van der Waals surface area contributed by atoms with Gasteiger partial charge in [0.2, 0.25) is 0 Å². The van der Waals surface area contributed by atoms with Crippen molar-refractivity contribution in [2.24, 2.45) is 5.73 Å². The van der Waals surface area contributed by atoms with Gasteiger partial charge in [-0.25, -0.2) is 0 Å². The summed E-state index contributed by atoms with van der Waals surface area (Å²) in [7, 11) is 0. The monoisotopic (exact) mass is 271 g/mol. The van der Waals surface area contributed by atoms with Crippen molar-refractivity contribution in [3.8, 4) is 0 Å². The van der Waals surface area contributed by atoms with Crippen molar-refractivity contribution in [1.29, 1.82) is 0 Å². The van der Waals surface area contributed by atoms with Gasteiger partial charge in [0, 0.05) is 25.5 Å². The van der Waals surface area contributed by atoms with Gasteiger partial charge < -0.3 is 15.4 Å². The molecule has 1 atom stereocenters. The molecule has 0 radical (unpaired) electrons. The molecule has 15 heavy (non-hydrogen) atoms. The lowest BCUT2D eigenvalue weighted by molar-refractivity contribution is 0.0962. The number of aromatic nitrogens is 1. The van der Waals surface area contributed by atoms with E-state index < -0.39 is 0 Å². The highest BCUT2D eigenvalue weighted by atomic mass is 79.9. The van der Waals surface area contributed by atoms with Crippen molar-refractivity contribution in [2.45, 2.75) is 6.04 Å². The summed E-state index contributed by atoms with van der Waals surface area (Å²) in [6.45, 7) is 2.94. The highest BCUT2D eigenvalue weighted by Gasteiger charge is 2.23. The van der Waals surface area contributed by atoms with E-state index in [2.05, 4.69) is 25.8 Å². The maximum atomic E-state index is 5.73. The lowest BCUT2D eigenvalue weighted by Gasteiger charge is -2.37. The Balaban J connectivity index is 2.24. The first-order chi connectivity index (χ1) is 7.33. The summed E-state index contributed by atoms with van der Waals surface area (Å²) in [5, 5.41) is 0. The molecule has 1 aliphatic rings. The number of hydrogen-bond acceptors (Lipinski definition) is 4. The third kappa shape index (κ3) is 2.30. The molecule has 1 aliphatic heterocycles. The molecular weight excluding hydrogens is 258 g/mol. The molecule has 5 heteroatoms. The van der Waals surface area contributed by atoms with Gasteiger partial charge in [-0.15, -0.1) is 0 Å². The van der Waals surface area contributed by atoms with E-state index in [1.165, 1.54) is 0 Å². The molecule has 0 spiro atoms. The van der Waals surface area contributed by atoms with Gasteiger partial charge in [-0.2, -0.15) is 0 Å². The van der Waals surface area contributed by atoms with Gasteiger partial charge in [0.15, 0.2) is 0 Å². The van der Waals surface area contributed by atoms with Crippen molar-refractivity contribution < 1.29 is 4.74 Å². The lowest BCUT2D eigenvalue weighted by atomic mass is 10.2. The van der Waals surface area contributed by atoms with E-state index in [0.717, 1.165) is 23.3 Å². The second-order valence-corrected chi connectivity index (χ2v) is 4.34. The summed E-state index contributed by atoms with van der Waals surface area (Å²) in [5.41, 5.74) is 6.87. The molecular formula is C10H14BrN3O. The van der Waals surface area contributed by atoms with Gasteiger partial charge in [-0.05, 0) is 22.0 Å². The smallest absolute Gasteiger partial charge is 0.0683 e. The Labute approximate surface area is 97.6 Å². The number of nitrogens with zero attached hydrogens (tertiary/aromatic N) is 2. The van der Waals surface area contributed by atoms with Crippen LogP contribution in [0.2, 0.25) is 0 Å². The molecule has 1 saturated heterocycles. The number of halogens is 1. The van der Waals surface area contributed by atoms with Gasteiger partial charge in [0.25, 0.3) is 0 Å². The summed E-state index contributed by atoms with van der Waals surface area (Å²) in [5.74, 6) is 0. The minimum absolute atomic E-state index is 0.262. The zero-order valence-electron chi connectivity index (χ0n) is 8.40. The number of ether oxygens (including phenoxy) is 1. The number of morpholine rings is 1. The summed E-state index contributed by atoms with van der Waals surface area (Å²) in [6.07, 6.45) is 3.60. The van der Waals surface area contributed by atoms with Gasteiger partial charge in [-0.3, -0.25) is 4.98 Å². The molecule has 1 unspecified atom stereocenters. The molecule has 2 heterocycles. The third-order valence-electron chi connectivity index (χ3n) is 2.56. The summed E-state index contributed by atoms with van der Waals surface area (Å²) >= 11 is 3.50. The van der Waals surface area contributed by atoms with E-state index in [1.54, 1.807) is 12.4 Å². The quantitative estimate of drug-likeness (QED) is 0.873. The molecule has 0 aliphatic carbocycles. The highest BCUT2D eigenvalue weighted by molar-refractivity contribution is 9.10. The van der Waals surface area contributed by atoms with Crippen LogP contribution in [-0.4, -0.2) is 37.3 Å². The van der Waals surface area contributed by atoms with E-state index in [1.807, 2.05) is 6.07 Å². The van der Waals surface area contributed by atoms with Crippen LogP contribution in [-0.2, 0) is 4.74 Å². The maximum absolute atomic E-state index is 5.73. The number of rotatable bonds is 2. The first kappa shape index (κ1) is 10.9. The molecule has 0 saturated carbocycles. The van der Waals surface area contributed by atoms with Crippen LogP contribution in [0.25, 0.3) is 0 Å². The maximum Gasteiger partial charge on any atom is 0.0683 e. The average molecular weight is 272 g/mol. The van der Waals surface area contributed by atoms with Crippen LogP contribution in [0.15, 0.2) is 22.9 Å². The molecule has 2 N–H and O–H groups in total.